The van der Waals surface area contributed by atoms with E-state index in [-0.39, 0.29) is 6.10 Å². The number of rotatable bonds is 3. The highest BCUT2D eigenvalue weighted by molar-refractivity contribution is 7.99. The fourth-order valence-electron chi connectivity index (χ4n) is 0.734. The maximum Gasteiger partial charge on any atom is 0.0606 e. The number of benzene rings is 1. The van der Waals surface area contributed by atoms with Crippen molar-refractivity contribution in [3.63, 3.8) is 0 Å². The summed E-state index contributed by atoms with van der Waals surface area (Å²) >= 11 is 1.68. The van der Waals surface area contributed by atoms with Crippen LogP contribution in [0.1, 0.15) is 6.92 Å². The highest BCUT2D eigenvalue weighted by Crippen LogP contribution is 2.17. The van der Waals surface area contributed by atoms with Crippen LogP contribution in [0.2, 0.25) is 0 Å². The topological polar surface area (TPSA) is 20.2 Å². The molecular weight excluding hydrogens is 156 g/mol. The number of hydrogen-bond acceptors (Lipinski definition) is 2. The van der Waals surface area contributed by atoms with Gasteiger partial charge in [-0.05, 0) is 19.1 Å². The molecule has 0 aliphatic heterocycles. The van der Waals surface area contributed by atoms with Gasteiger partial charge in [-0.1, -0.05) is 18.2 Å². The third-order valence-electron chi connectivity index (χ3n) is 1.23. The van der Waals surface area contributed by atoms with E-state index in [0.29, 0.717) is 0 Å². The van der Waals surface area contributed by atoms with Gasteiger partial charge in [0.05, 0.1) is 6.10 Å². The number of aliphatic hydroxyl groups is 1. The van der Waals surface area contributed by atoms with Crippen molar-refractivity contribution >= 4 is 11.8 Å². The molecule has 1 N–H and O–H groups in total. The second kappa shape index (κ2) is 4.42. The molecule has 0 spiro atoms. The van der Waals surface area contributed by atoms with Crippen molar-refractivity contribution in [2.24, 2.45) is 0 Å². The van der Waals surface area contributed by atoms with Crippen LogP contribution in [0.5, 0.6) is 0 Å². The van der Waals surface area contributed by atoms with Crippen LogP contribution in [-0.4, -0.2) is 17.0 Å². The largest absolute Gasteiger partial charge is 0.393 e. The second-order valence-corrected chi connectivity index (χ2v) is 3.57. The minimum atomic E-state index is -0.222. The van der Waals surface area contributed by atoms with Crippen molar-refractivity contribution in [3.05, 3.63) is 30.3 Å². The van der Waals surface area contributed by atoms with Crippen molar-refractivity contribution in [3.8, 4) is 0 Å². The fourth-order valence-corrected chi connectivity index (χ4v) is 1.52. The zero-order valence-corrected chi connectivity index (χ0v) is 7.34. The summed E-state index contributed by atoms with van der Waals surface area (Å²) in [6.45, 7) is 1.80. The van der Waals surface area contributed by atoms with E-state index in [9.17, 15) is 0 Å². The lowest BCUT2D eigenvalue weighted by Gasteiger charge is -2.02. The summed E-state index contributed by atoms with van der Waals surface area (Å²) in [5.74, 6) is 0.768. The molecule has 0 unspecified atom stereocenters. The highest BCUT2D eigenvalue weighted by Gasteiger charge is 1.96. The summed E-state index contributed by atoms with van der Waals surface area (Å²) in [6, 6.07) is 10.1. The summed E-state index contributed by atoms with van der Waals surface area (Å²) < 4.78 is 0. The molecule has 0 radical (unpaired) electrons. The first-order valence-electron chi connectivity index (χ1n) is 3.65. The average Bonchev–Trinajstić information content (AvgIpc) is 2.03. The van der Waals surface area contributed by atoms with Gasteiger partial charge >= 0.3 is 0 Å². The molecule has 0 saturated heterocycles. The molecule has 1 atom stereocenters. The van der Waals surface area contributed by atoms with Crippen LogP contribution in [-0.2, 0) is 0 Å². The number of thioether (sulfide) groups is 1. The Labute approximate surface area is 71.4 Å². The smallest absolute Gasteiger partial charge is 0.0606 e. The molecule has 2 heteroatoms. The van der Waals surface area contributed by atoms with E-state index in [1.807, 2.05) is 30.3 Å². The lowest BCUT2D eigenvalue weighted by Crippen LogP contribution is -2.01. The molecule has 1 aromatic rings. The van der Waals surface area contributed by atoms with Crippen molar-refractivity contribution in [2.75, 3.05) is 5.75 Å². The Bertz CT molecular complexity index is 196. The summed E-state index contributed by atoms with van der Waals surface area (Å²) in [7, 11) is 0. The van der Waals surface area contributed by atoms with Gasteiger partial charge in [-0.2, -0.15) is 0 Å². The summed E-state index contributed by atoms with van der Waals surface area (Å²) in [5, 5.41) is 8.99. The predicted molar refractivity (Wildman–Crippen MR) is 48.8 cm³/mol. The molecule has 1 aromatic carbocycles. The van der Waals surface area contributed by atoms with Crippen LogP contribution in [0.25, 0.3) is 0 Å². The fraction of sp³-hybridized carbons (Fsp3) is 0.333. The standard InChI is InChI=1S/C9H12OS/c1-8(10)7-11-9-5-3-2-4-6-9/h2-6,8,10H,7H2,1H3/t8-/m1/s1. The van der Waals surface area contributed by atoms with Gasteiger partial charge in [0.15, 0.2) is 0 Å². The molecule has 0 aromatic heterocycles. The van der Waals surface area contributed by atoms with E-state index in [2.05, 4.69) is 0 Å². The normalized spacial score (nSPS) is 12.9. The van der Waals surface area contributed by atoms with Crippen LogP contribution in [0.15, 0.2) is 35.2 Å². The Morgan fingerprint density at radius 3 is 2.55 bits per heavy atom. The summed E-state index contributed by atoms with van der Waals surface area (Å²) in [5.41, 5.74) is 0. The van der Waals surface area contributed by atoms with Gasteiger partial charge in [0.25, 0.3) is 0 Å². The molecule has 60 valence electrons. The molecule has 0 aliphatic carbocycles. The Balaban J connectivity index is 2.39. The molecule has 0 fully saturated rings. The molecule has 0 heterocycles. The van der Waals surface area contributed by atoms with E-state index in [0.717, 1.165) is 5.75 Å². The molecule has 0 aliphatic rings. The highest BCUT2D eigenvalue weighted by atomic mass is 32.2. The number of hydrogen-bond donors (Lipinski definition) is 1. The van der Waals surface area contributed by atoms with E-state index in [1.165, 1.54) is 4.90 Å². The van der Waals surface area contributed by atoms with Crippen molar-refractivity contribution < 1.29 is 5.11 Å². The number of aliphatic hydroxyl groups excluding tert-OH is 1. The summed E-state index contributed by atoms with van der Waals surface area (Å²) in [4.78, 5) is 1.22. The molecule has 0 saturated carbocycles. The molecule has 0 amide bonds. The van der Waals surface area contributed by atoms with Crippen molar-refractivity contribution in [1.82, 2.24) is 0 Å². The first kappa shape index (κ1) is 8.62. The maximum atomic E-state index is 8.99. The Kier molecular flexibility index (Phi) is 3.46. The van der Waals surface area contributed by atoms with Crippen LogP contribution < -0.4 is 0 Å². The molecule has 1 nitrogen and oxygen atoms in total. The van der Waals surface area contributed by atoms with Crippen molar-refractivity contribution in [1.29, 1.82) is 0 Å². The zero-order valence-electron chi connectivity index (χ0n) is 6.53. The van der Waals surface area contributed by atoms with Gasteiger partial charge in [0.1, 0.15) is 0 Å². The Morgan fingerprint density at radius 1 is 1.36 bits per heavy atom. The third-order valence-corrected chi connectivity index (χ3v) is 2.49. The van der Waals surface area contributed by atoms with E-state index in [4.69, 9.17) is 5.11 Å². The SMILES string of the molecule is C[C@@H](O)CSc1ccccc1. The first-order valence-corrected chi connectivity index (χ1v) is 4.63. The van der Waals surface area contributed by atoms with Gasteiger partial charge in [-0.15, -0.1) is 11.8 Å². The molecule has 1 rings (SSSR count). The van der Waals surface area contributed by atoms with Gasteiger partial charge in [-0.25, -0.2) is 0 Å². The average molecular weight is 168 g/mol. The van der Waals surface area contributed by atoms with E-state index in [1.54, 1.807) is 18.7 Å². The maximum absolute atomic E-state index is 8.99. The molecular formula is C9H12OS. The lowest BCUT2D eigenvalue weighted by atomic mass is 10.4. The second-order valence-electron chi connectivity index (χ2n) is 2.47. The van der Waals surface area contributed by atoms with Crippen LogP contribution >= 0.6 is 11.8 Å². The predicted octanol–water partition coefficient (Wildman–Crippen LogP) is 2.16. The van der Waals surface area contributed by atoms with Gasteiger partial charge in [0.2, 0.25) is 0 Å². The van der Waals surface area contributed by atoms with Crippen LogP contribution in [0.4, 0.5) is 0 Å². The zero-order chi connectivity index (χ0) is 8.10. The monoisotopic (exact) mass is 168 g/mol. The van der Waals surface area contributed by atoms with Crippen LogP contribution in [0, 0.1) is 0 Å². The van der Waals surface area contributed by atoms with E-state index < -0.39 is 0 Å². The summed E-state index contributed by atoms with van der Waals surface area (Å²) in [6.07, 6.45) is -0.222. The lowest BCUT2D eigenvalue weighted by molar-refractivity contribution is 0.220. The molecule has 0 bridgehead atoms. The van der Waals surface area contributed by atoms with Gasteiger partial charge < -0.3 is 5.11 Å². The van der Waals surface area contributed by atoms with E-state index >= 15 is 0 Å². The van der Waals surface area contributed by atoms with Gasteiger partial charge in [-0.3, -0.25) is 0 Å². The minimum Gasteiger partial charge on any atom is -0.393 e. The minimum absolute atomic E-state index is 0.222. The Hall–Kier alpha value is -0.470. The third kappa shape index (κ3) is 3.44. The van der Waals surface area contributed by atoms with Crippen LogP contribution in [0.3, 0.4) is 0 Å². The quantitative estimate of drug-likeness (QED) is 0.698. The molecule has 11 heavy (non-hydrogen) atoms. The Morgan fingerprint density at radius 2 is 2.00 bits per heavy atom. The van der Waals surface area contributed by atoms with Crippen molar-refractivity contribution in [2.45, 2.75) is 17.9 Å². The van der Waals surface area contributed by atoms with Gasteiger partial charge in [0, 0.05) is 10.6 Å². The first-order chi connectivity index (χ1) is 5.29.